The number of halogens is 1. The minimum absolute atomic E-state index is 0.00877. The molecular formula is C12H11BrN2O6. The lowest BCUT2D eigenvalue weighted by atomic mass is 10.1. The summed E-state index contributed by atoms with van der Waals surface area (Å²) in [7, 11) is 0. The normalized spacial score (nSPS) is 21.3. The van der Waals surface area contributed by atoms with Crippen molar-refractivity contribution in [3.63, 3.8) is 0 Å². The fourth-order valence-electron chi connectivity index (χ4n) is 2.25. The van der Waals surface area contributed by atoms with E-state index >= 15 is 0 Å². The van der Waals surface area contributed by atoms with E-state index in [0.29, 0.717) is 0 Å². The molecule has 8 nitrogen and oxygen atoms in total. The van der Waals surface area contributed by atoms with Crippen molar-refractivity contribution in [1.29, 1.82) is 0 Å². The van der Waals surface area contributed by atoms with E-state index in [1.54, 1.807) is 0 Å². The number of rotatable bonds is 3. The van der Waals surface area contributed by atoms with Gasteiger partial charge in [0, 0.05) is 19.0 Å². The SMILES string of the molecule is O=C(O)[C@@H]1CC(O)CN1C(=O)c1cccc([N+](=O)[O-])c1Br. The monoisotopic (exact) mass is 358 g/mol. The number of hydrogen-bond acceptors (Lipinski definition) is 5. The van der Waals surface area contributed by atoms with E-state index in [9.17, 15) is 24.8 Å². The van der Waals surface area contributed by atoms with Gasteiger partial charge in [0.05, 0.1) is 16.6 Å². The first-order chi connectivity index (χ1) is 9.82. The molecule has 0 aromatic heterocycles. The van der Waals surface area contributed by atoms with Crippen LogP contribution in [0.1, 0.15) is 16.8 Å². The maximum absolute atomic E-state index is 12.4. The van der Waals surface area contributed by atoms with E-state index in [4.69, 9.17) is 5.11 Å². The molecule has 2 atom stereocenters. The topological polar surface area (TPSA) is 121 Å². The van der Waals surface area contributed by atoms with Crippen LogP contribution in [0.2, 0.25) is 0 Å². The summed E-state index contributed by atoms with van der Waals surface area (Å²) in [5, 5.41) is 29.5. The molecule has 2 rings (SSSR count). The first-order valence-electron chi connectivity index (χ1n) is 5.97. The number of aliphatic hydroxyl groups excluding tert-OH is 1. The minimum Gasteiger partial charge on any atom is -0.480 e. The zero-order valence-electron chi connectivity index (χ0n) is 10.6. The summed E-state index contributed by atoms with van der Waals surface area (Å²) < 4.78 is -0.00877. The van der Waals surface area contributed by atoms with Crippen molar-refractivity contribution in [3.05, 3.63) is 38.3 Å². The maximum Gasteiger partial charge on any atom is 0.326 e. The maximum atomic E-state index is 12.4. The molecule has 1 fully saturated rings. The number of carbonyl (C=O) groups is 2. The van der Waals surface area contributed by atoms with Crippen LogP contribution in [0.3, 0.4) is 0 Å². The van der Waals surface area contributed by atoms with Crippen molar-refractivity contribution < 1.29 is 24.7 Å². The van der Waals surface area contributed by atoms with Crippen LogP contribution in [0, 0.1) is 10.1 Å². The smallest absolute Gasteiger partial charge is 0.326 e. The predicted molar refractivity (Wildman–Crippen MR) is 73.9 cm³/mol. The number of nitrogens with zero attached hydrogens (tertiary/aromatic N) is 2. The molecule has 112 valence electrons. The summed E-state index contributed by atoms with van der Waals surface area (Å²) in [6, 6.07) is 2.80. The highest BCUT2D eigenvalue weighted by molar-refractivity contribution is 9.10. The molecule has 0 saturated carbocycles. The molecule has 1 aliphatic heterocycles. The van der Waals surface area contributed by atoms with Crippen molar-refractivity contribution >= 4 is 33.5 Å². The zero-order valence-corrected chi connectivity index (χ0v) is 12.2. The third kappa shape index (κ3) is 2.88. The number of carboxylic acids is 1. The van der Waals surface area contributed by atoms with Gasteiger partial charge in [0.25, 0.3) is 11.6 Å². The van der Waals surface area contributed by atoms with Crippen LogP contribution in [-0.4, -0.2) is 50.6 Å². The van der Waals surface area contributed by atoms with Crippen LogP contribution in [0.5, 0.6) is 0 Å². The molecule has 1 saturated heterocycles. The van der Waals surface area contributed by atoms with Gasteiger partial charge in [-0.05, 0) is 22.0 Å². The van der Waals surface area contributed by atoms with Gasteiger partial charge in [-0.25, -0.2) is 4.79 Å². The Labute approximate surface area is 127 Å². The molecule has 0 aliphatic carbocycles. The number of likely N-dealkylation sites (tertiary alicyclic amines) is 1. The first-order valence-corrected chi connectivity index (χ1v) is 6.77. The number of carboxylic acid groups (broad SMARTS) is 1. The predicted octanol–water partition coefficient (Wildman–Crippen LogP) is 1.02. The lowest BCUT2D eigenvalue weighted by Gasteiger charge is -2.21. The van der Waals surface area contributed by atoms with Crippen molar-refractivity contribution in [3.8, 4) is 0 Å². The van der Waals surface area contributed by atoms with Crippen LogP contribution in [0.15, 0.2) is 22.7 Å². The highest BCUT2D eigenvalue weighted by Gasteiger charge is 2.40. The van der Waals surface area contributed by atoms with Crippen molar-refractivity contribution in [2.24, 2.45) is 0 Å². The van der Waals surface area contributed by atoms with Crippen molar-refractivity contribution in [1.82, 2.24) is 4.90 Å². The standard InChI is InChI=1S/C12H11BrN2O6/c13-10-7(2-1-3-8(10)15(20)21)11(17)14-5-6(16)4-9(14)12(18)19/h1-3,6,9,16H,4-5H2,(H,18,19)/t6?,9-/m0/s1. The Kier molecular flexibility index (Phi) is 4.24. The van der Waals surface area contributed by atoms with E-state index in [0.717, 1.165) is 4.90 Å². The van der Waals surface area contributed by atoms with Gasteiger partial charge in [0.1, 0.15) is 10.5 Å². The second-order valence-corrected chi connectivity index (χ2v) is 5.39. The molecule has 2 N–H and O–H groups in total. The second-order valence-electron chi connectivity index (χ2n) is 4.60. The molecule has 1 amide bonds. The van der Waals surface area contributed by atoms with E-state index in [1.807, 2.05) is 0 Å². The van der Waals surface area contributed by atoms with Gasteiger partial charge in [-0.2, -0.15) is 0 Å². The lowest BCUT2D eigenvalue weighted by molar-refractivity contribution is -0.385. The number of amides is 1. The number of carbonyl (C=O) groups excluding carboxylic acids is 1. The minimum atomic E-state index is -1.22. The molecular weight excluding hydrogens is 348 g/mol. The van der Waals surface area contributed by atoms with Crippen LogP contribution in [-0.2, 0) is 4.79 Å². The first kappa shape index (κ1) is 15.4. The fraction of sp³-hybridized carbons (Fsp3) is 0.333. The summed E-state index contributed by atoms with van der Waals surface area (Å²) >= 11 is 3.00. The molecule has 1 aromatic carbocycles. The molecule has 1 aromatic rings. The fourth-order valence-corrected chi connectivity index (χ4v) is 2.83. The number of hydrogen-bond donors (Lipinski definition) is 2. The number of β-amino-alcohol motifs (C(OH)–C–C–N with tert-alkyl or cyclic N) is 1. The molecule has 0 radical (unpaired) electrons. The number of nitro groups is 1. The summed E-state index contributed by atoms with van der Waals surface area (Å²) in [6.45, 7) is -0.120. The van der Waals surface area contributed by atoms with Gasteiger partial charge < -0.3 is 15.1 Å². The van der Waals surface area contributed by atoms with Gasteiger partial charge >= 0.3 is 5.97 Å². The Morgan fingerprint density at radius 1 is 1.43 bits per heavy atom. The Morgan fingerprint density at radius 3 is 2.67 bits per heavy atom. The van der Waals surface area contributed by atoms with Gasteiger partial charge in [0.15, 0.2) is 0 Å². The summed E-state index contributed by atoms with van der Waals surface area (Å²) in [5.41, 5.74) is -0.294. The van der Waals surface area contributed by atoms with Gasteiger partial charge in [-0.1, -0.05) is 6.07 Å². The van der Waals surface area contributed by atoms with E-state index < -0.39 is 28.9 Å². The quantitative estimate of drug-likeness (QED) is 0.614. The molecule has 21 heavy (non-hydrogen) atoms. The highest BCUT2D eigenvalue weighted by Crippen LogP contribution is 2.31. The van der Waals surface area contributed by atoms with E-state index in [-0.39, 0.29) is 28.7 Å². The largest absolute Gasteiger partial charge is 0.480 e. The third-order valence-electron chi connectivity index (χ3n) is 3.23. The zero-order chi connectivity index (χ0) is 15.7. The average Bonchev–Trinajstić information content (AvgIpc) is 2.80. The number of aliphatic hydroxyl groups is 1. The summed E-state index contributed by atoms with van der Waals surface area (Å²) in [4.78, 5) is 34.8. The molecule has 1 aliphatic rings. The van der Waals surface area contributed by atoms with E-state index in [2.05, 4.69) is 15.9 Å². The van der Waals surface area contributed by atoms with Crippen LogP contribution >= 0.6 is 15.9 Å². The van der Waals surface area contributed by atoms with Gasteiger partial charge in [-0.3, -0.25) is 14.9 Å². The second kappa shape index (κ2) is 5.78. The van der Waals surface area contributed by atoms with Crippen LogP contribution in [0.4, 0.5) is 5.69 Å². The lowest BCUT2D eigenvalue weighted by Crippen LogP contribution is -2.40. The Morgan fingerprint density at radius 2 is 2.10 bits per heavy atom. The number of nitro benzene ring substituents is 1. The Hall–Kier alpha value is -2.00. The third-order valence-corrected chi connectivity index (χ3v) is 4.06. The molecule has 0 spiro atoms. The van der Waals surface area contributed by atoms with Crippen molar-refractivity contribution in [2.45, 2.75) is 18.6 Å². The van der Waals surface area contributed by atoms with Gasteiger partial charge in [-0.15, -0.1) is 0 Å². The molecule has 1 unspecified atom stereocenters. The van der Waals surface area contributed by atoms with Crippen LogP contribution < -0.4 is 0 Å². The Balaban J connectivity index is 2.38. The Bertz CT molecular complexity index is 620. The number of aliphatic carboxylic acids is 1. The van der Waals surface area contributed by atoms with Crippen molar-refractivity contribution in [2.75, 3.05) is 6.54 Å². The summed E-state index contributed by atoms with van der Waals surface area (Å²) in [6.07, 6.45) is -0.985. The van der Waals surface area contributed by atoms with E-state index in [1.165, 1.54) is 18.2 Å². The van der Waals surface area contributed by atoms with Gasteiger partial charge in [0.2, 0.25) is 0 Å². The molecule has 9 heteroatoms. The number of benzene rings is 1. The summed E-state index contributed by atoms with van der Waals surface area (Å²) in [5.74, 6) is -1.89. The molecule has 1 heterocycles. The average molecular weight is 359 g/mol. The van der Waals surface area contributed by atoms with Crippen LogP contribution in [0.25, 0.3) is 0 Å². The highest BCUT2D eigenvalue weighted by atomic mass is 79.9. The molecule has 0 bridgehead atoms.